The summed E-state index contributed by atoms with van der Waals surface area (Å²) in [7, 11) is 1.69. The molecule has 2 atom stereocenters. The van der Waals surface area contributed by atoms with Crippen LogP contribution in [0.4, 0.5) is 0 Å². The summed E-state index contributed by atoms with van der Waals surface area (Å²) in [5, 5.41) is 0. The summed E-state index contributed by atoms with van der Waals surface area (Å²) in [6, 6.07) is 8.40. The van der Waals surface area contributed by atoms with Crippen LogP contribution in [0.1, 0.15) is 44.1 Å². The zero-order chi connectivity index (χ0) is 13.7. The number of esters is 1. The van der Waals surface area contributed by atoms with Crippen LogP contribution in [0.25, 0.3) is 0 Å². The van der Waals surface area contributed by atoms with Crippen LogP contribution in [0.15, 0.2) is 24.3 Å². The van der Waals surface area contributed by atoms with Crippen molar-refractivity contribution in [3.63, 3.8) is 0 Å². The molecule has 0 bridgehead atoms. The Bertz CT molecular complexity index is 411. The van der Waals surface area contributed by atoms with Crippen molar-refractivity contribution in [3.8, 4) is 5.75 Å². The van der Waals surface area contributed by atoms with Crippen LogP contribution in [0.3, 0.4) is 0 Å². The van der Waals surface area contributed by atoms with Crippen molar-refractivity contribution in [2.45, 2.75) is 38.5 Å². The quantitative estimate of drug-likeness (QED) is 0.557. The fraction of sp³-hybridized carbons (Fsp3) is 0.562. The molecule has 1 aromatic rings. The van der Waals surface area contributed by atoms with E-state index in [0.717, 1.165) is 30.4 Å². The van der Waals surface area contributed by atoms with E-state index in [1.807, 2.05) is 12.1 Å². The monoisotopic (exact) mass is 262 g/mol. The van der Waals surface area contributed by atoms with Gasteiger partial charge in [0.2, 0.25) is 0 Å². The third-order valence-electron chi connectivity index (χ3n) is 3.74. The highest BCUT2D eigenvalue weighted by molar-refractivity contribution is 5.65. The molecular weight excluding hydrogens is 240 g/mol. The minimum Gasteiger partial charge on any atom is -0.497 e. The first kappa shape index (κ1) is 13.9. The van der Waals surface area contributed by atoms with Crippen LogP contribution in [0.2, 0.25) is 0 Å². The molecule has 0 saturated heterocycles. The Hall–Kier alpha value is -1.51. The van der Waals surface area contributed by atoms with Crippen molar-refractivity contribution in [3.05, 3.63) is 29.8 Å². The van der Waals surface area contributed by atoms with Crippen LogP contribution in [0, 0.1) is 5.92 Å². The molecule has 0 N–H and O–H groups in total. The number of hydrogen-bond donors (Lipinski definition) is 0. The van der Waals surface area contributed by atoms with Gasteiger partial charge in [0, 0.05) is 6.92 Å². The summed E-state index contributed by atoms with van der Waals surface area (Å²) in [5.74, 6) is 2.27. The Labute approximate surface area is 114 Å². The predicted molar refractivity (Wildman–Crippen MR) is 74.3 cm³/mol. The normalized spacial score (nSPS) is 20.9. The van der Waals surface area contributed by atoms with Crippen molar-refractivity contribution in [1.82, 2.24) is 0 Å². The largest absolute Gasteiger partial charge is 0.497 e. The van der Waals surface area contributed by atoms with Crippen LogP contribution in [-0.2, 0) is 9.53 Å². The number of methoxy groups -OCH3 is 1. The number of carbonyl (C=O) groups is 1. The standard InChI is InChI=1S/C16H22O3/c1-12(17)19-10-4-3-5-14-11-16(14)13-6-8-15(18-2)9-7-13/h6-9,14,16H,3-5,10-11H2,1-2H3. The second-order valence-corrected chi connectivity index (χ2v) is 5.21. The van der Waals surface area contributed by atoms with Crippen molar-refractivity contribution >= 4 is 5.97 Å². The lowest BCUT2D eigenvalue weighted by molar-refractivity contribution is -0.141. The lowest BCUT2D eigenvalue weighted by Gasteiger charge is -2.04. The zero-order valence-corrected chi connectivity index (χ0v) is 11.7. The summed E-state index contributed by atoms with van der Waals surface area (Å²) >= 11 is 0. The molecule has 104 valence electrons. The van der Waals surface area contributed by atoms with Gasteiger partial charge in [-0.05, 0) is 55.2 Å². The van der Waals surface area contributed by atoms with Gasteiger partial charge in [0.15, 0.2) is 0 Å². The Morgan fingerprint density at radius 2 is 2.00 bits per heavy atom. The third-order valence-corrected chi connectivity index (χ3v) is 3.74. The van der Waals surface area contributed by atoms with Crippen molar-refractivity contribution < 1.29 is 14.3 Å². The van der Waals surface area contributed by atoms with Gasteiger partial charge in [-0.1, -0.05) is 12.1 Å². The zero-order valence-electron chi connectivity index (χ0n) is 11.7. The molecule has 0 amide bonds. The Morgan fingerprint density at radius 1 is 1.26 bits per heavy atom. The summed E-state index contributed by atoms with van der Waals surface area (Å²) in [6.07, 6.45) is 4.65. The van der Waals surface area contributed by atoms with Gasteiger partial charge < -0.3 is 9.47 Å². The predicted octanol–water partition coefficient (Wildman–Crippen LogP) is 3.53. The molecule has 1 saturated carbocycles. The Morgan fingerprint density at radius 3 is 2.63 bits per heavy atom. The van der Waals surface area contributed by atoms with E-state index in [0.29, 0.717) is 6.61 Å². The van der Waals surface area contributed by atoms with E-state index in [-0.39, 0.29) is 5.97 Å². The van der Waals surface area contributed by atoms with E-state index in [1.165, 1.54) is 25.3 Å². The second kappa shape index (κ2) is 6.60. The Balaban J connectivity index is 1.65. The molecule has 2 unspecified atom stereocenters. The summed E-state index contributed by atoms with van der Waals surface area (Å²) in [5.41, 5.74) is 1.42. The molecule has 0 radical (unpaired) electrons. The van der Waals surface area contributed by atoms with Crippen LogP contribution >= 0.6 is 0 Å². The molecule has 0 heterocycles. The number of unbranched alkanes of at least 4 members (excludes halogenated alkanes) is 1. The molecule has 3 nitrogen and oxygen atoms in total. The van der Waals surface area contributed by atoms with Gasteiger partial charge in [-0.2, -0.15) is 0 Å². The molecule has 0 aromatic heterocycles. The molecule has 2 rings (SSSR count). The van der Waals surface area contributed by atoms with Crippen LogP contribution in [0.5, 0.6) is 5.75 Å². The topological polar surface area (TPSA) is 35.5 Å². The van der Waals surface area contributed by atoms with Crippen molar-refractivity contribution in [2.24, 2.45) is 5.92 Å². The maximum Gasteiger partial charge on any atom is 0.302 e. The third kappa shape index (κ3) is 4.27. The molecule has 3 heteroatoms. The first-order valence-corrected chi connectivity index (χ1v) is 6.98. The fourth-order valence-corrected chi connectivity index (χ4v) is 2.55. The molecular formula is C16H22O3. The highest BCUT2D eigenvalue weighted by Gasteiger charge is 2.37. The number of benzene rings is 1. The summed E-state index contributed by atoms with van der Waals surface area (Å²) in [6.45, 7) is 2.02. The molecule has 0 spiro atoms. The van der Waals surface area contributed by atoms with Crippen molar-refractivity contribution in [1.29, 1.82) is 0 Å². The van der Waals surface area contributed by atoms with Gasteiger partial charge in [0.05, 0.1) is 13.7 Å². The van der Waals surface area contributed by atoms with E-state index in [1.54, 1.807) is 7.11 Å². The number of carbonyl (C=O) groups excluding carboxylic acids is 1. The molecule has 1 fully saturated rings. The van der Waals surface area contributed by atoms with Crippen LogP contribution in [-0.4, -0.2) is 19.7 Å². The Kier molecular flexibility index (Phi) is 4.83. The SMILES string of the molecule is COc1ccc(C2CC2CCCCOC(C)=O)cc1. The molecule has 0 aliphatic heterocycles. The lowest BCUT2D eigenvalue weighted by atomic mass is 10.1. The highest BCUT2D eigenvalue weighted by atomic mass is 16.5. The maximum atomic E-state index is 10.6. The number of hydrogen-bond acceptors (Lipinski definition) is 3. The smallest absolute Gasteiger partial charge is 0.302 e. The van der Waals surface area contributed by atoms with E-state index in [4.69, 9.17) is 9.47 Å². The average Bonchev–Trinajstić information content (AvgIpc) is 3.18. The van der Waals surface area contributed by atoms with Gasteiger partial charge in [-0.3, -0.25) is 4.79 Å². The first-order chi connectivity index (χ1) is 9.20. The average molecular weight is 262 g/mol. The lowest BCUT2D eigenvalue weighted by Crippen LogP contribution is -2.00. The van der Waals surface area contributed by atoms with Gasteiger partial charge in [-0.15, -0.1) is 0 Å². The first-order valence-electron chi connectivity index (χ1n) is 6.98. The molecule has 1 aliphatic rings. The van der Waals surface area contributed by atoms with E-state index in [2.05, 4.69) is 12.1 Å². The van der Waals surface area contributed by atoms with E-state index in [9.17, 15) is 4.79 Å². The van der Waals surface area contributed by atoms with E-state index >= 15 is 0 Å². The second-order valence-electron chi connectivity index (χ2n) is 5.21. The van der Waals surface area contributed by atoms with E-state index < -0.39 is 0 Å². The van der Waals surface area contributed by atoms with Gasteiger partial charge >= 0.3 is 5.97 Å². The highest BCUT2D eigenvalue weighted by Crippen LogP contribution is 2.50. The minimum absolute atomic E-state index is 0.178. The van der Waals surface area contributed by atoms with Crippen LogP contribution < -0.4 is 4.74 Å². The summed E-state index contributed by atoms with van der Waals surface area (Å²) < 4.78 is 10.1. The minimum atomic E-state index is -0.178. The van der Waals surface area contributed by atoms with Gasteiger partial charge in [0.25, 0.3) is 0 Å². The molecule has 19 heavy (non-hydrogen) atoms. The molecule has 1 aromatic carbocycles. The van der Waals surface area contributed by atoms with Gasteiger partial charge in [0.1, 0.15) is 5.75 Å². The van der Waals surface area contributed by atoms with Gasteiger partial charge in [-0.25, -0.2) is 0 Å². The maximum absolute atomic E-state index is 10.6. The summed E-state index contributed by atoms with van der Waals surface area (Å²) in [4.78, 5) is 10.6. The van der Waals surface area contributed by atoms with Crippen molar-refractivity contribution in [2.75, 3.05) is 13.7 Å². The molecule has 1 aliphatic carbocycles. The number of rotatable bonds is 7. The number of ether oxygens (including phenoxy) is 2. The fourth-order valence-electron chi connectivity index (χ4n) is 2.55.